The molecule has 1 heterocycles. The molecule has 0 radical (unpaired) electrons. The molecule has 0 fully saturated rings. The van der Waals surface area contributed by atoms with Crippen LogP contribution in [0.15, 0.2) is 5.10 Å². The van der Waals surface area contributed by atoms with Crippen LogP contribution in [0.1, 0.15) is 52.9 Å². The lowest BCUT2D eigenvalue weighted by Crippen LogP contribution is -2.36. The standard InChI is InChI=1S/C12H24IN3/c1-4-5-6-7-8-16-12(9-11(2)3)15(13)10-14-16/h10-12H,4-9H2,1-3H3. The third kappa shape index (κ3) is 4.47. The molecule has 0 aromatic rings. The van der Waals surface area contributed by atoms with E-state index in [0.717, 1.165) is 12.5 Å². The van der Waals surface area contributed by atoms with Crippen LogP contribution in [0.4, 0.5) is 0 Å². The maximum atomic E-state index is 4.48. The summed E-state index contributed by atoms with van der Waals surface area (Å²) >= 11 is 2.35. The average molecular weight is 337 g/mol. The molecule has 0 aromatic heterocycles. The monoisotopic (exact) mass is 337 g/mol. The first-order valence-corrected chi connectivity index (χ1v) is 7.36. The minimum absolute atomic E-state index is 0.474. The van der Waals surface area contributed by atoms with Crippen molar-refractivity contribution in [3.05, 3.63) is 0 Å². The molecule has 3 nitrogen and oxygen atoms in total. The van der Waals surface area contributed by atoms with Gasteiger partial charge >= 0.3 is 0 Å². The van der Waals surface area contributed by atoms with E-state index in [1.165, 1.54) is 32.1 Å². The second-order valence-electron chi connectivity index (χ2n) is 4.91. The predicted molar refractivity (Wildman–Crippen MR) is 78.4 cm³/mol. The molecular formula is C12H24IN3. The molecule has 0 saturated heterocycles. The fourth-order valence-corrected chi connectivity index (χ4v) is 2.57. The number of unbranched alkanes of at least 4 members (excludes halogenated alkanes) is 3. The molecular weight excluding hydrogens is 313 g/mol. The molecule has 1 aliphatic rings. The van der Waals surface area contributed by atoms with Gasteiger partial charge in [-0.05, 0) is 18.8 Å². The Hall–Kier alpha value is 0. The van der Waals surface area contributed by atoms with Crippen LogP contribution in [0.25, 0.3) is 0 Å². The van der Waals surface area contributed by atoms with Crippen LogP contribution in [0, 0.1) is 5.92 Å². The molecule has 94 valence electrons. The van der Waals surface area contributed by atoms with Crippen molar-refractivity contribution < 1.29 is 0 Å². The van der Waals surface area contributed by atoms with E-state index in [1.54, 1.807) is 0 Å². The number of nitrogens with zero attached hydrogens (tertiary/aromatic N) is 3. The SMILES string of the molecule is CCCCCCN1N=CN(I)C1CC(C)C. The summed E-state index contributed by atoms with van der Waals surface area (Å²) in [6.07, 6.45) is 8.87. The van der Waals surface area contributed by atoms with Gasteiger partial charge in [0.2, 0.25) is 0 Å². The van der Waals surface area contributed by atoms with Gasteiger partial charge in [-0.25, -0.2) is 0 Å². The van der Waals surface area contributed by atoms with E-state index in [2.05, 4.69) is 56.9 Å². The van der Waals surface area contributed by atoms with Gasteiger partial charge in [0.15, 0.2) is 0 Å². The Morgan fingerprint density at radius 1 is 1.31 bits per heavy atom. The number of hydrogen-bond donors (Lipinski definition) is 0. The van der Waals surface area contributed by atoms with Crippen molar-refractivity contribution in [2.24, 2.45) is 11.0 Å². The second-order valence-corrected chi connectivity index (χ2v) is 6.02. The zero-order chi connectivity index (χ0) is 12.0. The Morgan fingerprint density at radius 2 is 2.06 bits per heavy atom. The van der Waals surface area contributed by atoms with E-state index in [1.807, 2.05) is 6.34 Å². The molecule has 0 saturated carbocycles. The molecule has 0 aliphatic carbocycles. The van der Waals surface area contributed by atoms with Gasteiger partial charge in [-0.3, -0.25) is 8.12 Å². The lowest BCUT2D eigenvalue weighted by atomic mass is 10.1. The molecule has 1 atom stereocenters. The molecule has 16 heavy (non-hydrogen) atoms. The van der Waals surface area contributed by atoms with E-state index in [-0.39, 0.29) is 0 Å². The smallest absolute Gasteiger partial charge is 0.128 e. The first-order chi connectivity index (χ1) is 7.65. The maximum Gasteiger partial charge on any atom is 0.128 e. The zero-order valence-electron chi connectivity index (χ0n) is 10.7. The maximum absolute atomic E-state index is 4.48. The second kappa shape index (κ2) is 7.35. The summed E-state index contributed by atoms with van der Waals surface area (Å²) in [6.45, 7) is 7.91. The van der Waals surface area contributed by atoms with Crippen LogP contribution in [0.5, 0.6) is 0 Å². The topological polar surface area (TPSA) is 18.8 Å². The van der Waals surface area contributed by atoms with Crippen molar-refractivity contribution >= 4 is 29.2 Å². The Balaban J connectivity index is 2.30. The number of halogens is 1. The summed E-state index contributed by atoms with van der Waals surface area (Å²) in [7, 11) is 0. The quantitative estimate of drug-likeness (QED) is 0.399. The summed E-state index contributed by atoms with van der Waals surface area (Å²) in [5.41, 5.74) is 0. The van der Waals surface area contributed by atoms with E-state index in [4.69, 9.17) is 0 Å². The first-order valence-electron chi connectivity index (χ1n) is 6.40. The van der Waals surface area contributed by atoms with E-state index in [0.29, 0.717) is 6.17 Å². The van der Waals surface area contributed by atoms with Gasteiger partial charge in [-0.2, -0.15) is 5.10 Å². The molecule has 1 rings (SSSR count). The average Bonchev–Trinajstić information content (AvgIpc) is 2.56. The highest BCUT2D eigenvalue weighted by atomic mass is 127. The van der Waals surface area contributed by atoms with Crippen molar-refractivity contribution in [2.45, 2.75) is 59.0 Å². The zero-order valence-corrected chi connectivity index (χ0v) is 12.9. The molecule has 0 amide bonds. The molecule has 4 heteroatoms. The predicted octanol–water partition coefficient (Wildman–Crippen LogP) is 3.85. The largest absolute Gasteiger partial charge is 0.280 e. The van der Waals surface area contributed by atoms with Crippen molar-refractivity contribution in [2.75, 3.05) is 6.54 Å². The first kappa shape index (κ1) is 14.1. The number of rotatable bonds is 7. The van der Waals surface area contributed by atoms with Gasteiger partial charge in [0.05, 0.1) is 22.9 Å². The van der Waals surface area contributed by atoms with Crippen molar-refractivity contribution in [1.82, 2.24) is 8.12 Å². The summed E-state index contributed by atoms with van der Waals surface area (Å²) in [5.74, 6) is 0.724. The lowest BCUT2D eigenvalue weighted by Gasteiger charge is -2.28. The number of hydrazone groups is 1. The van der Waals surface area contributed by atoms with Crippen LogP contribution in [-0.2, 0) is 0 Å². The fraction of sp³-hybridized carbons (Fsp3) is 0.917. The third-order valence-electron chi connectivity index (χ3n) is 2.86. The molecule has 0 aromatic carbocycles. The highest BCUT2D eigenvalue weighted by Crippen LogP contribution is 2.23. The van der Waals surface area contributed by atoms with Gasteiger partial charge in [0.25, 0.3) is 0 Å². The normalized spacial score (nSPS) is 20.2. The highest BCUT2D eigenvalue weighted by molar-refractivity contribution is 14.1. The Morgan fingerprint density at radius 3 is 2.69 bits per heavy atom. The highest BCUT2D eigenvalue weighted by Gasteiger charge is 2.26. The van der Waals surface area contributed by atoms with Crippen molar-refractivity contribution in [3.63, 3.8) is 0 Å². The van der Waals surface area contributed by atoms with Crippen LogP contribution >= 0.6 is 22.9 Å². The summed E-state index contributed by atoms with van der Waals surface area (Å²) in [4.78, 5) is 0. The van der Waals surface area contributed by atoms with Gasteiger partial charge in [-0.15, -0.1) is 0 Å². The molecule has 0 bridgehead atoms. The van der Waals surface area contributed by atoms with Crippen LogP contribution < -0.4 is 0 Å². The Kier molecular flexibility index (Phi) is 6.46. The van der Waals surface area contributed by atoms with E-state index in [9.17, 15) is 0 Å². The lowest BCUT2D eigenvalue weighted by molar-refractivity contribution is 0.158. The molecule has 0 N–H and O–H groups in total. The minimum Gasteiger partial charge on any atom is -0.280 e. The van der Waals surface area contributed by atoms with E-state index < -0.39 is 0 Å². The molecule has 1 unspecified atom stereocenters. The van der Waals surface area contributed by atoms with Gasteiger partial charge in [0.1, 0.15) is 12.5 Å². The minimum atomic E-state index is 0.474. The number of hydrogen-bond acceptors (Lipinski definition) is 3. The van der Waals surface area contributed by atoms with E-state index >= 15 is 0 Å². The van der Waals surface area contributed by atoms with Gasteiger partial charge in [0, 0.05) is 6.54 Å². The van der Waals surface area contributed by atoms with Crippen molar-refractivity contribution in [1.29, 1.82) is 0 Å². The van der Waals surface area contributed by atoms with Crippen molar-refractivity contribution in [3.8, 4) is 0 Å². The summed E-state index contributed by atoms with van der Waals surface area (Å²) < 4.78 is 2.21. The van der Waals surface area contributed by atoms with Crippen LogP contribution in [-0.4, -0.2) is 27.2 Å². The fourth-order valence-electron chi connectivity index (χ4n) is 1.95. The third-order valence-corrected chi connectivity index (χ3v) is 3.75. The Labute approximate surface area is 114 Å². The van der Waals surface area contributed by atoms with Crippen LogP contribution in [0.3, 0.4) is 0 Å². The molecule has 0 spiro atoms. The molecule has 1 aliphatic heterocycles. The summed E-state index contributed by atoms with van der Waals surface area (Å²) in [6, 6.07) is 0. The van der Waals surface area contributed by atoms with Gasteiger partial charge < -0.3 is 0 Å². The van der Waals surface area contributed by atoms with Crippen LogP contribution in [0.2, 0.25) is 0 Å². The van der Waals surface area contributed by atoms with Gasteiger partial charge in [-0.1, -0.05) is 40.0 Å². The summed E-state index contributed by atoms with van der Waals surface area (Å²) in [5, 5.41) is 6.73. The Bertz CT molecular complexity index is 218.